The highest BCUT2D eigenvalue weighted by molar-refractivity contribution is 5.27. The van der Waals surface area contributed by atoms with E-state index in [4.69, 9.17) is 0 Å². The van der Waals surface area contributed by atoms with Crippen LogP contribution >= 0.6 is 0 Å². The molecule has 0 saturated carbocycles. The minimum absolute atomic E-state index is 0.0416. The predicted molar refractivity (Wildman–Crippen MR) is 116 cm³/mol. The molecule has 0 amide bonds. The summed E-state index contributed by atoms with van der Waals surface area (Å²) < 4.78 is 37.8. The molecule has 2 aliphatic rings. The number of hydrogen-bond acceptors (Lipinski definition) is 5. The van der Waals surface area contributed by atoms with Gasteiger partial charge in [-0.1, -0.05) is 37.3 Å². The van der Waals surface area contributed by atoms with Gasteiger partial charge < -0.3 is 10.4 Å². The van der Waals surface area contributed by atoms with Crippen molar-refractivity contribution in [2.45, 2.75) is 75.1 Å². The van der Waals surface area contributed by atoms with Crippen LogP contribution in [-0.2, 0) is 11.6 Å². The average molecular weight is 452 g/mol. The lowest BCUT2D eigenvalue weighted by atomic mass is 9.65. The third-order valence-corrected chi connectivity index (χ3v) is 7.40. The van der Waals surface area contributed by atoms with Gasteiger partial charge in [0, 0.05) is 30.6 Å². The largest absolute Gasteiger partial charge is 0.451 e. The Morgan fingerprint density at radius 1 is 1.16 bits per heavy atom. The maximum Gasteiger partial charge on any atom is 0.451 e. The number of halogens is 3. The molecule has 6 nitrogen and oxygen atoms in total. The van der Waals surface area contributed by atoms with E-state index in [0.717, 1.165) is 25.9 Å². The number of aliphatic hydroxyl groups is 1. The van der Waals surface area contributed by atoms with Gasteiger partial charge in [0.2, 0.25) is 11.8 Å². The fourth-order valence-electron chi connectivity index (χ4n) is 5.46. The second-order valence-corrected chi connectivity index (χ2v) is 10.0. The lowest BCUT2D eigenvalue weighted by Crippen LogP contribution is -2.63. The normalized spacial score (nSPS) is 31.3. The Labute approximate surface area is 186 Å². The smallest absolute Gasteiger partial charge is 0.390 e. The summed E-state index contributed by atoms with van der Waals surface area (Å²) in [6.07, 6.45) is 0.197. The lowest BCUT2D eigenvalue weighted by Gasteiger charge is -2.57. The van der Waals surface area contributed by atoms with E-state index in [-0.39, 0.29) is 16.9 Å². The molecule has 3 atom stereocenters. The van der Waals surface area contributed by atoms with Crippen molar-refractivity contribution in [1.82, 2.24) is 20.1 Å². The van der Waals surface area contributed by atoms with E-state index < -0.39 is 17.6 Å². The van der Waals surface area contributed by atoms with E-state index in [2.05, 4.69) is 58.4 Å². The molecule has 2 aliphatic heterocycles. The maximum absolute atomic E-state index is 12.6. The summed E-state index contributed by atoms with van der Waals surface area (Å²) in [5.41, 5.74) is 0.685. The molecule has 0 radical (unpaired) electrons. The summed E-state index contributed by atoms with van der Waals surface area (Å²) in [6, 6.07) is 10.7. The van der Waals surface area contributed by atoms with E-state index in [1.165, 1.54) is 5.56 Å². The van der Waals surface area contributed by atoms with Gasteiger partial charge in [-0.05, 0) is 51.0 Å². The number of H-pyrrole nitrogens is 1. The highest BCUT2D eigenvalue weighted by atomic mass is 19.4. The second kappa shape index (κ2) is 8.33. The van der Waals surface area contributed by atoms with Crippen molar-refractivity contribution < 1.29 is 18.3 Å². The molecule has 3 heterocycles. The van der Waals surface area contributed by atoms with Crippen LogP contribution in [0.5, 0.6) is 0 Å². The first kappa shape index (κ1) is 23.0. The monoisotopic (exact) mass is 451 g/mol. The zero-order valence-electron chi connectivity index (χ0n) is 18.7. The molecule has 2 fully saturated rings. The van der Waals surface area contributed by atoms with Crippen molar-refractivity contribution in [3.63, 3.8) is 0 Å². The topological polar surface area (TPSA) is 77.1 Å². The Balaban J connectivity index is 1.30. The first-order chi connectivity index (χ1) is 15.0. The van der Waals surface area contributed by atoms with Crippen LogP contribution in [0.4, 0.5) is 19.1 Å². The SMILES string of the molecule is CC1(c2ccccc2)CCC2(C)CC(O)(CCCNc3n[nH]c(C(F)(F)F)n3)CCN2C1. The highest BCUT2D eigenvalue weighted by Crippen LogP contribution is 2.47. The van der Waals surface area contributed by atoms with Gasteiger partial charge in [-0.15, -0.1) is 5.10 Å². The first-order valence-electron chi connectivity index (χ1n) is 11.3. The summed E-state index contributed by atoms with van der Waals surface area (Å²) in [6.45, 7) is 6.83. The average Bonchev–Trinajstić information content (AvgIpc) is 3.22. The van der Waals surface area contributed by atoms with Gasteiger partial charge in [0.1, 0.15) is 0 Å². The molecule has 176 valence electrons. The second-order valence-electron chi connectivity index (χ2n) is 10.0. The summed E-state index contributed by atoms with van der Waals surface area (Å²) in [4.78, 5) is 5.96. The third kappa shape index (κ3) is 4.78. The van der Waals surface area contributed by atoms with E-state index in [9.17, 15) is 18.3 Å². The minimum atomic E-state index is -4.54. The molecule has 2 saturated heterocycles. The van der Waals surface area contributed by atoms with Gasteiger partial charge in [-0.3, -0.25) is 10.00 Å². The van der Waals surface area contributed by atoms with E-state index in [1.54, 1.807) is 0 Å². The van der Waals surface area contributed by atoms with Gasteiger partial charge in [-0.2, -0.15) is 18.2 Å². The van der Waals surface area contributed by atoms with Crippen molar-refractivity contribution in [3.05, 3.63) is 41.7 Å². The molecular weight excluding hydrogens is 419 g/mol. The van der Waals surface area contributed by atoms with Crippen LogP contribution in [0.2, 0.25) is 0 Å². The van der Waals surface area contributed by atoms with Crippen LogP contribution in [0.3, 0.4) is 0 Å². The summed E-state index contributed by atoms with van der Waals surface area (Å²) in [5.74, 6) is -1.18. The number of alkyl halides is 3. The number of nitrogens with one attached hydrogen (secondary N) is 2. The fourth-order valence-corrected chi connectivity index (χ4v) is 5.46. The van der Waals surface area contributed by atoms with E-state index in [1.807, 2.05) is 11.2 Å². The number of piperidine rings is 2. The summed E-state index contributed by atoms with van der Waals surface area (Å²) in [7, 11) is 0. The van der Waals surface area contributed by atoms with Gasteiger partial charge in [0.25, 0.3) is 0 Å². The molecule has 1 aromatic heterocycles. The van der Waals surface area contributed by atoms with Crippen molar-refractivity contribution in [3.8, 4) is 0 Å². The Bertz CT molecular complexity index is 920. The third-order valence-electron chi connectivity index (χ3n) is 7.40. The molecular formula is C23H32F3N5O. The van der Waals surface area contributed by atoms with Gasteiger partial charge >= 0.3 is 6.18 Å². The van der Waals surface area contributed by atoms with Crippen LogP contribution in [0.15, 0.2) is 30.3 Å². The van der Waals surface area contributed by atoms with Crippen molar-refractivity contribution in [2.24, 2.45) is 0 Å². The molecule has 0 spiro atoms. The maximum atomic E-state index is 12.6. The molecule has 0 bridgehead atoms. The number of benzene rings is 1. The molecule has 32 heavy (non-hydrogen) atoms. The zero-order valence-corrected chi connectivity index (χ0v) is 18.7. The van der Waals surface area contributed by atoms with Gasteiger partial charge in [-0.25, -0.2) is 0 Å². The fraction of sp³-hybridized carbons (Fsp3) is 0.652. The molecule has 3 N–H and O–H groups in total. The predicted octanol–water partition coefficient (Wildman–Crippen LogP) is 4.35. The quantitative estimate of drug-likeness (QED) is 0.569. The number of aromatic nitrogens is 3. The van der Waals surface area contributed by atoms with Crippen LogP contribution in [-0.4, -0.2) is 56.0 Å². The molecule has 2 aromatic rings. The van der Waals surface area contributed by atoms with Crippen LogP contribution in [0, 0.1) is 0 Å². The van der Waals surface area contributed by atoms with Crippen LogP contribution in [0.1, 0.15) is 63.8 Å². The number of nitrogens with zero attached hydrogens (tertiary/aromatic N) is 3. The number of rotatable bonds is 6. The van der Waals surface area contributed by atoms with Crippen LogP contribution < -0.4 is 5.32 Å². The Kier molecular flexibility index (Phi) is 6.00. The molecule has 1 aromatic carbocycles. The number of fused-ring (bicyclic) bond motifs is 1. The van der Waals surface area contributed by atoms with Gasteiger partial charge in [0.15, 0.2) is 0 Å². The number of hydrogen-bond donors (Lipinski definition) is 3. The lowest BCUT2D eigenvalue weighted by molar-refractivity contribution is -0.144. The number of aromatic amines is 1. The molecule has 0 aliphatic carbocycles. The van der Waals surface area contributed by atoms with Crippen molar-refractivity contribution in [2.75, 3.05) is 25.0 Å². The Morgan fingerprint density at radius 3 is 2.59 bits per heavy atom. The van der Waals surface area contributed by atoms with E-state index in [0.29, 0.717) is 32.2 Å². The summed E-state index contributed by atoms with van der Waals surface area (Å²) >= 11 is 0. The Hall–Kier alpha value is -2.13. The highest BCUT2D eigenvalue weighted by Gasteiger charge is 2.50. The molecule has 9 heteroatoms. The van der Waals surface area contributed by atoms with Gasteiger partial charge in [0.05, 0.1) is 5.60 Å². The number of anilines is 1. The van der Waals surface area contributed by atoms with Crippen molar-refractivity contribution >= 4 is 5.95 Å². The standard InChI is InChI=1S/C23H32F3N5O/c1-20(17-7-4-3-5-8-17)10-11-21(2)15-22(32,12-14-31(21)16-20)9-6-13-27-19-28-18(29-30-19)23(24,25)26/h3-5,7-8,32H,6,9-16H2,1-2H3,(H2,27,28,29,30). The van der Waals surface area contributed by atoms with Crippen LogP contribution in [0.25, 0.3) is 0 Å². The van der Waals surface area contributed by atoms with Crippen molar-refractivity contribution in [1.29, 1.82) is 0 Å². The molecule has 4 rings (SSSR count). The Morgan fingerprint density at radius 2 is 1.91 bits per heavy atom. The molecule has 3 unspecified atom stereocenters. The van der Waals surface area contributed by atoms with E-state index >= 15 is 0 Å². The first-order valence-corrected chi connectivity index (χ1v) is 11.3. The minimum Gasteiger partial charge on any atom is -0.390 e. The zero-order chi connectivity index (χ0) is 23.0. The summed E-state index contributed by atoms with van der Waals surface area (Å²) in [5, 5.41) is 19.5.